The number of nitrogens with one attached hydrogen (secondary N) is 2. The molecule has 0 aliphatic rings. The zero-order valence-electron chi connectivity index (χ0n) is 13.8. The molecule has 0 aliphatic heterocycles. The van der Waals surface area contributed by atoms with Gasteiger partial charge in [0.25, 0.3) is 5.69 Å². The summed E-state index contributed by atoms with van der Waals surface area (Å²) in [5.74, 6) is -0.000757. The number of carbonyl (C=O) groups is 1. The van der Waals surface area contributed by atoms with Gasteiger partial charge < -0.3 is 15.7 Å². The van der Waals surface area contributed by atoms with Crippen LogP contribution in [0, 0.1) is 16.0 Å². The van der Waals surface area contributed by atoms with Crippen molar-refractivity contribution in [3.8, 4) is 0 Å². The van der Waals surface area contributed by atoms with Crippen LogP contribution in [-0.4, -0.2) is 34.6 Å². The van der Waals surface area contributed by atoms with Gasteiger partial charge in [-0.1, -0.05) is 19.9 Å². The third-order valence-electron chi connectivity index (χ3n) is 3.53. The van der Waals surface area contributed by atoms with Crippen molar-refractivity contribution < 1.29 is 14.8 Å². The van der Waals surface area contributed by atoms with Crippen molar-refractivity contribution in [3.63, 3.8) is 0 Å². The maximum atomic E-state index is 11.9. The first-order valence-electron chi connectivity index (χ1n) is 7.75. The Bertz CT molecular complexity index is 534. The minimum Gasteiger partial charge on any atom is -0.393 e. The number of hydrogen-bond acceptors (Lipinski definition) is 5. The van der Waals surface area contributed by atoms with Gasteiger partial charge in [-0.3, -0.25) is 14.9 Å². The van der Waals surface area contributed by atoms with Crippen molar-refractivity contribution in [1.82, 2.24) is 5.32 Å². The molecule has 128 valence electrons. The van der Waals surface area contributed by atoms with Crippen LogP contribution >= 0.6 is 0 Å². The van der Waals surface area contributed by atoms with Crippen LogP contribution in [0.5, 0.6) is 0 Å². The van der Waals surface area contributed by atoms with Gasteiger partial charge in [-0.2, -0.15) is 0 Å². The largest absolute Gasteiger partial charge is 0.393 e. The van der Waals surface area contributed by atoms with Gasteiger partial charge >= 0.3 is 0 Å². The summed E-state index contributed by atoms with van der Waals surface area (Å²) in [6, 6.07) is 5.80. The van der Waals surface area contributed by atoms with Gasteiger partial charge in [0.15, 0.2) is 0 Å². The lowest BCUT2D eigenvalue weighted by Gasteiger charge is -2.17. The fraction of sp³-hybridized carbons (Fsp3) is 0.562. The maximum Gasteiger partial charge on any atom is 0.271 e. The molecule has 0 spiro atoms. The Morgan fingerprint density at radius 1 is 1.35 bits per heavy atom. The third kappa shape index (κ3) is 7.21. The average molecular weight is 323 g/mol. The topological polar surface area (TPSA) is 104 Å². The number of nitro benzene ring substituents is 1. The zero-order chi connectivity index (χ0) is 17.4. The predicted octanol–water partition coefficient (Wildman–Crippen LogP) is 2.31. The minimum absolute atomic E-state index is 0.0481. The van der Waals surface area contributed by atoms with E-state index in [0.717, 1.165) is 0 Å². The van der Waals surface area contributed by atoms with Crippen LogP contribution < -0.4 is 10.6 Å². The molecule has 0 saturated heterocycles. The number of nitrogens with zero attached hydrogens (tertiary/aromatic N) is 1. The summed E-state index contributed by atoms with van der Waals surface area (Å²) in [7, 11) is 0. The van der Waals surface area contributed by atoms with Crippen molar-refractivity contribution in [2.75, 3.05) is 11.9 Å². The van der Waals surface area contributed by atoms with E-state index >= 15 is 0 Å². The minimum atomic E-state index is -0.500. The summed E-state index contributed by atoms with van der Waals surface area (Å²) in [5, 5.41) is 26.3. The second kappa shape index (κ2) is 9.22. The van der Waals surface area contributed by atoms with E-state index in [1.54, 1.807) is 6.07 Å². The first kappa shape index (κ1) is 19.1. The van der Waals surface area contributed by atoms with Crippen LogP contribution in [0.2, 0.25) is 0 Å². The molecule has 1 amide bonds. The summed E-state index contributed by atoms with van der Waals surface area (Å²) in [4.78, 5) is 22.1. The quantitative estimate of drug-likeness (QED) is 0.478. The number of rotatable bonds is 9. The number of hydrogen-bond donors (Lipinski definition) is 3. The van der Waals surface area contributed by atoms with Crippen LogP contribution in [0.25, 0.3) is 0 Å². The molecular formula is C16H25N3O4. The first-order chi connectivity index (χ1) is 10.8. The number of amides is 1. The van der Waals surface area contributed by atoms with Crippen LogP contribution in [0.15, 0.2) is 24.3 Å². The van der Waals surface area contributed by atoms with Gasteiger partial charge in [0, 0.05) is 30.3 Å². The van der Waals surface area contributed by atoms with E-state index in [1.807, 2.05) is 20.8 Å². The van der Waals surface area contributed by atoms with Crippen LogP contribution in [-0.2, 0) is 4.79 Å². The Hall–Kier alpha value is -1.99. The summed E-state index contributed by atoms with van der Waals surface area (Å²) >= 11 is 0. The highest BCUT2D eigenvalue weighted by atomic mass is 16.6. The Morgan fingerprint density at radius 2 is 2.04 bits per heavy atom. The van der Waals surface area contributed by atoms with Gasteiger partial charge in [-0.25, -0.2) is 0 Å². The van der Waals surface area contributed by atoms with E-state index in [-0.39, 0.29) is 36.1 Å². The third-order valence-corrected chi connectivity index (χ3v) is 3.53. The fourth-order valence-corrected chi connectivity index (χ4v) is 2.07. The molecule has 0 saturated carbocycles. The molecule has 0 heterocycles. The summed E-state index contributed by atoms with van der Waals surface area (Å²) in [5.41, 5.74) is 0.350. The highest BCUT2D eigenvalue weighted by Crippen LogP contribution is 2.17. The van der Waals surface area contributed by atoms with E-state index < -0.39 is 4.92 Å². The molecule has 2 unspecified atom stereocenters. The number of nitro groups is 1. The van der Waals surface area contributed by atoms with Crippen molar-refractivity contribution in [2.45, 2.75) is 45.8 Å². The molecule has 0 aliphatic carbocycles. The number of aliphatic hydroxyl groups is 1. The van der Waals surface area contributed by atoms with Gasteiger partial charge in [-0.05, 0) is 31.9 Å². The molecule has 7 nitrogen and oxygen atoms in total. The number of anilines is 1. The van der Waals surface area contributed by atoms with E-state index in [2.05, 4.69) is 10.6 Å². The summed E-state index contributed by atoms with van der Waals surface area (Å²) < 4.78 is 0. The lowest BCUT2D eigenvalue weighted by molar-refractivity contribution is -0.384. The molecule has 23 heavy (non-hydrogen) atoms. The fourth-order valence-electron chi connectivity index (χ4n) is 2.07. The number of benzene rings is 1. The molecule has 1 aromatic rings. The van der Waals surface area contributed by atoms with Gasteiger partial charge in [0.1, 0.15) is 0 Å². The Labute approximate surface area is 136 Å². The maximum absolute atomic E-state index is 11.9. The number of carbonyl (C=O) groups excluding carboxylic acids is 1. The van der Waals surface area contributed by atoms with Gasteiger partial charge in [-0.15, -0.1) is 0 Å². The first-order valence-corrected chi connectivity index (χ1v) is 7.75. The molecule has 2 atom stereocenters. The van der Waals surface area contributed by atoms with E-state index in [0.29, 0.717) is 18.7 Å². The molecule has 0 radical (unpaired) electrons. The highest BCUT2D eigenvalue weighted by Gasteiger charge is 2.13. The lowest BCUT2D eigenvalue weighted by atomic mass is 10.0. The van der Waals surface area contributed by atoms with E-state index in [4.69, 9.17) is 0 Å². The average Bonchev–Trinajstić information content (AvgIpc) is 2.46. The van der Waals surface area contributed by atoms with Crippen LogP contribution in [0.1, 0.15) is 33.6 Å². The molecule has 3 N–H and O–H groups in total. The van der Waals surface area contributed by atoms with Crippen molar-refractivity contribution in [2.24, 2.45) is 5.92 Å². The smallest absolute Gasteiger partial charge is 0.271 e. The molecule has 0 aromatic heterocycles. The molecule has 1 aromatic carbocycles. The molecular weight excluding hydrogens is 298 g/mol. The van der Waals surface area contributed by atoms with Crippen LogP contribution in [0.3, 0.4) is 0 Å². The van der Waals surface area contributed by atoms with Crippen molar-refractivity contribution in [3.05, 3.63) is 34.4 Å². The van der Waals surface area contributed by atoms with Crippen molar-refractivity contribution in [1.29, 1.82) is 0 Å². The van der Waals surface area contributed by atoms with Gasteiger partial charge in [0.05, 0.1) is 11.0 Å². The Balaban J connectivity index is 2.38. The lowest BCUT2D eigenvalue weighted by Crippen LogP contribution is -2.33. The van der Waals surface area contributed by atoms with Crippen LogP contribution in [0.4, 0.5) is 11.4 Å². The van der Waals surface area contributed by atoms with Crippen molar-refractivity contribution >= 4 is 17.3 Å². The van der Waals surface area contributed by atoms with E-state index in [1.165, 1.54) is 18.2 Å². The second-order valence-electron chi connectivity index (χ2n) is 6.01. The monoisotopic (exact) mass is 323 g/mol. The zero-order valence-corrected chi connectivity index (χ0v) is 13.8. The molecule has 0 fully saturated rings. The second-order valence-corrected chi connectivity index (χ2v) is 6.01. The number of aliphatic hydroxyl groups excluding tert-OH is 1. The molecule has 1 rings (SSSR count). The standard InChI is InChI=1S/C16H25N3O4/c1-11(2)15(20)7-8-17-12(3)9-16(21)18-13-5-4-6-14(10-13)19(22)23/h4-6,10-12,15,17,20H,7-9H2,1-3H3,(H,18,21). The number of non-ortho nitro benzene ring substituents is 1. The molecule has 7 heteroatoms. The highest BCUT2D eigenvalue weighted by molar-refractivity contribution is 5.91. The Morgan fingerprint density at radius 3 is 2.65 bits per heavy atom. The van der Waals surface area contributed by atoms with Gasteiger partial charge in [0.2, 0.25) is 5.91 Å². The summed E-state index contributed by atoms with van der Waals surface area (Å²) in [6.45, 7) is 6.43. The molecule has 0 bridgehead atoms. The summed E-state index contributed by atoms with van der Waals surface area (Å²) in [6.07, 6.45) is 0.531. The predicted molar refractivity (Wildman–Crippen MR) is 89.3 cm³/mol. The Kier molecular flexibility index (Phi) is 7.64. The SMILES string of the molecule is CC(CC(=O)Nc1cccc([N+](=O)[O-])c1)NCCC(O)C(C)C. The van der Waals surface area contributed by atoms with E-state index in [9.17, 15) is 20.0 Å². The normalized spacial score (nSPS) is 13.6.